The van der Waals surface area contributed by atoms with E-state index in [1.54, 1.807) is 6.07 Å². The molecule has 1 aliphatic carbocycles. The number of aryl methyl sites for hydroxylation is 2. The topological polar surface area (TPSA) is 75.6 Å². The monoisotopic (exact) mass is 451 g/mol. The minimum Gasteiger partial charge on any atom is -0.351 e. The highest BCUT2D eigenvalue weighted by molar-refractivity contribution is 6.32. The van der Waals surface area contributed by atoms with Crippen LogP contribution in [0.2, 0.25) is 5.02 Å². The van der Waals surface area contributed by atoms with Crippen LogP contribution < -0.4 is 5.32 Å². The molecule has 1 saturated carbocycles. The van der Waals surface area contributed by atoms with Crippen molar-refractivity contribution in [3.63, 3.8) is 0 Å². The lowest BCUT2D eigenvalue weighted by molar-refractivity contribution is -0.141. The van der Waals surface area contributed by atoms with E-state index in [4.69, 9.17) is 11.6 Å². The molecule has 3 aromatic rings. The molecule has 0 spiro atoms. The second-order valence-corrected chi connectivity index (χ2v) is 8.06. The number of aromatic nitrogens is 4. The van der Waals surface area contributed by atoms with Gasteiger partial charge in [-0.2, -0.15) is 23.4 Å². The van der Waals surface area contributed by atoms with Crippen LogP contribution in [0.5, 0.6) is 0 Å². The molecule has 0 unspecified atom stereocenters. The molecule has 6 nitrogen and oxygen atoms in total. The first-order valence-corrected chi connectivity index (χ1v) is 10.4. The van der Waals surface area contributed by atoms with Crippen LogP contribution in [0.4, 0.5) is 13.2 Å². The average Bonchev–Trinajstić information content (AvgIpc) is 3.31. The number of carbonyl (C=O) groups is 1. The molecular formula is C21H21ClF3N5O. The molecule has 1 aromatic carbocycles. The van der Waals surface area contributed by atoms with Crippen molar-refractivity contribution in [3.8, 4) is 11.3 Å². The summed E-state index contributed by atoms with van der Waals surface area (Å²) >= 11 is 5.97. The Morgan fingerprint density at radius 3 is 2.65 bits per heavy atom. The van der Waals surface area contributed by atoms with Gasteiger partial charge in [0.25, 0.3) is 5.91 Å². The molecule has 1 fully saturated rings. The molecule has 2 heterocycles. The summed E-state index contributed by atoms with van der Waals surface area (Å²) in [6.07, 6.45) is -2.55. The lowest BCUT2D eigenvalue weighted by Crippen LogP contribution is -2.25. The van der Waals surface area contributed by atoms with Gasteiger partial charge in [0, 0.05) is 24.6 Å². The van der Waals surface area contributed by atoms with Crippen LogP contribution in [0.15, 0.2) is 30.3 Å². The predicted octanol–water partition coefficient (Wildman–Crippen LogP) is 4.95. The van der Waals surface area contributed by atoms with Gasteiger partial charge in [0.2, 0.25) is 0 Å². The standard InChI is InChI=1S/C21H21ClF3N5O/c1-12-3-5-13(6-4-12)15-11-16(28-27-15)20(31)26-9-2-10-30-18(14-7-8-14)17(22)19(29-30)21(23,24)25/h3-6,11,14H,2,7-10H2,1H3,(H,26,31)(H,27,28). The van der Waals surface area contributed by atoms with Gasteiger partial charge in [-0.1, -0.05) is 41.4 Å². The fourth-order valence-electron chi connectivity index (χ4n) is 3.39. The highest BCUT2D eigenvalue weighted by atomic mass is 35.5. The normalized spacial score (nSPS) is 14.1. The Bertz CT molecular complexity index is 1080. The summed E-state index contributed by atoms with van der Waals surface area (Å²) in [7, 11) is 0. The molecule has 0 bridgehead atoms. The van der Waals surface area contributed by atoms with Crippen LogP contribution in [-0.2, 0) is 12.7 Å². The largest absolute Gasteiger partial charge is 0.436 e. The van der Waals surface area contributed by atoms with E-state index < -0.39 is 11.9 Å². The zero-order valence-corrected chi connectivity index (χ0v) is 17.5. The van der Waals surface area contributed by atoms with Crippen molar-refractivity contribution < 1.29 is 18.0 Å². The smallest absolute Gasteiger partial charge is 0.351 e. The predicted molar refractivity (Wildman–Crippen MR) is 110 cm³/mol. The number of aromatic amines is 1. The number of hydrogen-bond acceptors (Lipinski definition) is 3. The third kappa shape index (κ3) is 4.76. The van der Waals surface area contributed by atoms with Crippen LogP contribution in [-0.4, -0.2) is 32.4 Å². The van der Waals surface area contributed by atoms with Crippen molar-refractivity contribution in [2.24, 2.45) is 0 Å². The first kappa shape index (κ1) is 21.4. The summed E-state index contributed by atoms with van der Waals surface area (Å²) in [6, 6.07) is 9.44. The number of alkyl halides is 3. The summed E-state index contributed by atoms with van der Waals surface area (Å²) in [5.41, 5.74) is 2.39. The Labute approximate surface area is 181 Å². The maximum Gasteiger partial charge on any atom is 0.436 e. The minimum absolute atomic E-state index is 0.0240. The quantitative estimate of drug-likeness (QED) is 0.499. The molecule has 0 radical (unpaired) electrons. The Morgan fingerprint density at radius 2 is 2.00 bits per heavy atom. The van der Waals surface area contributed by atoms with Gasteiger partial charge < -0.3 is 5.32 Å². The fraction of sp³-hybridized carbons (Fsp3) is 0.381. The van der Waals surface area contributed by atoms with Crippen molar-refractivity contribution in [1.29, 1.82) is 0 Å². The molecule has 1 amide bonds. The highest BCUT2D eigenvalue weighted by Crippen LogP contribution is 2.46. The van der Waals surface area contributed by atoms with Crippen molar-refractivity contribution >= 4 is 17.5 Å². The number of amides is 1. The third-order valence-electron chi connectivity index (χ3n) is 5.17. The van der Waals surface area contributed by atoms with E-state index in [2.05, 4.69) is 20.6 Å². The number of rotatable bonds is 7. The molecule has 0 saturated heterocycles. The van der Waals surface area contributed by atoms with E-state index in [9.17, 15) is 18.0 Å². The van der Waals surface area contributed by atoms with E-state index in [1.807, 2.05) is 31.2 Å². The molecule has 2 aromatic heterocycles. The summed E-state index contributed by atoms with van der Waals surface area (Å²) in [5.74, 6) is -0.307. The second kappa shape index (κ2) is 8.37. The molecule has 0 atom stereocenters. The maximum absolute atomic E-state index is 13.1. The first-order chi connectivity index (χ1) is 14.7. The van der Waals surface area contributed by atoms with Gasteiger partial charge in [-0.05, 0) is 32.3 Å². The third-order valence-corrected chi connectivity index (χ3v) is 5.54. The molecule has 1 aliphatic rings. The Hall–Kier alpha value is -2.81. The van der Waals surface area contributed by atoms with Gasteiger partial charge in [0.15, 0.2) is 5.69 Å². The van der Waals surface area contributed by atoms with Crippen LogP contribution in [0, 0.1) is 6.92 Å². The van der Waals surface area contributed by atoms with Gasteiger partial charge in [0.1, 0.15) is 5.69 Å². The zero-order valence-electron chi connectivity index (χ0n) is 16.8. The SMILES string of the molecule is Cc1ccc(-c2cc(C(=O)NCCCn3nc(C(F)(F)F)c(Cl)c3C3CC3)[nH]n2)cc1. The Kier molecular flexibility index (Phi) is 5.79. The van der Waals surface area contributed by atoms with Crippen LogP contribution in [0.1, 0.15) is 52.6 Å². The summed E-state index contributed by atoms with van der Waals surface area (Å²) < 4.78 is 40.7. The number of carbonyl (C=O) groups excluding carboxylic acids is 1. The van der Waals surface area contributed by atoms with Crippen molar-refractivity contribution in [3.05, 3.63) is 58.0 Å². The minimum atomic E-state index is -4.59. The first-order valence-electron chi connectivity index (χ1n) is 9.98. The number of benzene rings is 1. The van der Waals surface area contributed by atoms with Crippen molar-refractivity contribution in [1.82, 2.24) is 25.3 Å². The highest BCUT2D eigenvalue weighted by Gasteiger charge is 2.41. The number of halogens is 4. The Morgan fingerprint density at radius 1 is 1.29 bits per heavy atom. The number of nitrogens with one attached hydrogen (secondary N) is 2. The molecule has 31 heavy (non-hydrogen) atoms. The molecular weight excluding hydrogens is 431 g/mol. The second-order valence-electron chi connectivity index (χ2n) is 7.69. The molecule has 2 N–H and O–H groups in total. The summed E-state index contributed by atoms with van der Waals surface area (Å²) in [4.78, 5) is 12.4. The number of nitrogens with zero attached hydrogens (tertiary/aromatic N) is 3. The van der Waals surface area contributed by atoms with Crippen molar-refractivity contribution in [2.75, 3.05) is 6.54 Å². The van der Waals surface area contributed by atoms with E-state index in [0.29, 0.717) is 23.5 Å². The van der Waals surface area contributed by atoms with E-state index >= 15 is 0 Å². The molecule has 164 valence electrons. The van der Waals surface area contributed by atoms with Crippen LogP contribution >= 0.6 is 11.6 Å². The summed E-state index contributed by atoms with van der Waals surface area (Å²) in [6.45, 7) is 2.50. The number of hydrogen-bond donors (Lipinski definition) is 2. The van der Waals surface area contributed by atoms with Gasteiger partial charge in [-0.25, -0.2) is 0 Å². The molecule has 0 aliphatic heterocycles. The van der Waals surface area contributed by atoms with Crippen molar-refractivity contribution in [2.45, 2.75) is 44.8 Å². The molecule has 4 rings (SSSR count). The van der Waals surface area contributed by atoms with E-state index in [0.717, 1.165) is 24.0 Å². The van der Waals surface area contributed by atoms with E-state index in [1.165, 1.54) is 4.68 Å². The Balaban J connectivity index is 1.34. The van der Waals surface area contributed by atoms with Gasteiger partial charge in [-0.3, -0.25) is 14.6 Å². The van der Waals surface area contributed by atoms with Crippen LogP contribution in [0.25, 0.3) is 11.3 Å². The van der Waals surface area contributed by atoms with Crippen LogP contribution in [0.3, 0.4) is 0 Å². The maximum atomic E-state index is 13.1. The van der Waals surface area contributed by atoms with Gasteiger partial charge in [-0.15, -0.1) is 0 Å². The van der Waals surface area contributed by atoms with E-state index in [-0.39, 0.29) is 29.9 Å². The summed E-state index contributed by atoms with van der Waals surface area (Å²) in [5, 5.41) is 13.0. The lowest BCUT2D eigenvalue weighted by atomic mass is 10.1. The fourth-order valence-corrected chi connectivity index (χ4v) is 3.78. The zero-order chi connectivity index (χ0) is 22.2. The van der Waals surface area contributed by atoms with Gasteiger partial charge >= 0.3 is 6.18 Å². The van der Waals surface area contributed by atoms with Gasteiger partial charge in [0.05, 0.1) is 16.4 Å². The average molecular weight is 452 g/mol. The number of H-pyrrole nitrogens is 1. The lowest BCUT2D eigenvalue weighted by Gasteiger charge is -2.07. The molecule has 10 heteroatoms.